The second kappa shape index (κ2) is 7.14. The van der Waals surface area contributed by atoms with E-state index < -0.39 is 0 Å². The first kappa shape index (κ1) is 16.7. The van der Waals surface area contributed by atoms with E-state index >= 15 is 0 Å². The number of amides is 1. The van der Waals surface area contributed by atoms with Crippen LogP contribution < -0.4 is 10.2 Å². The molecule has 0 aromatic carbocycles. The average molecular weight is 352 g/mol. The van der Waals surface area contributed by atoms with E-state index in [0.29, 0.717) is 25.5 Å². The summed E-state index contributed by atoms with van der Waals surface area (Å²) in [6.07, 6.45) is 0. The molecular weight excluding hydrogens is 332 g/mol. The topological polar surface area (TPSA) is 116 Å². The Kier molecular flexibility index (Phi) is 4.95. The van der Waals surface area contributed by atoms with E-state index in [4.69, 9.17) is 4.74 Å². The molecule has 1 atom stereocenters. The molecule has 1 aliphatic rings. The highest BCUT2D eigenvalue weighted by atomic mass is 32.1. The normalized spacial score (nSPS) is 18.4. The Morgan fingerprint density at radius 1 is 1.54 bits per heavy atom. The number of aromatic amines is 1. The number of ether oxygens (including phenoxy) is 1. The maximum atomic E-state index is 12.1. The van der Waals surface area contributed by atoms with Crippen LogP contribution in [0.2, 0.25) is 0 Å². The van der Waals surface area contributed by atoms with Crippen molar-refractivity contribution in [2.24, 2.45) is 5.92 Å². The molecule has 1 unspecified atom stereocenters. The Morgan fingerprint density at radius 3 is 3.04 bits per heavy atom. The third-order valence-electron chi connectivity index (χ3n) is 3.82. The van der Waals surface area contributed by atoms with E-state index in [1.165, 1.54) is 11.5 Å². The smallest absolute Gasteiger partial charge is 0.273 e. The molecule has 2 aromatic rings. The second-order valence-electron chi connectivity index (χ2n) is 5.75. The first-order chi connectivity index (χ1) is 11.5. The van der Waals surface area contributed by atoms with Crippen LogP contribution >= 0.6 is 11.5 Å². The SMILES string of the molecule is Cc1nsc(N2CCOCC(CNC(=O)c3[nH]nc(C)c3O)C2)n1. The number of rotatable bonds is 4. The standard InChI is InChI=1S/C14H20N6O3S/c1-8-12(21)11(18-17-8)13(22)15-5-10-6-20(3-4-23-7-10)14-16-9(2)19-24-14/h10,21H,3-7H2,1-2H3,(H,15,22)(H,17,18). The Morgan fingerprint density at radius 2 is 2.38 bits per heavy atom. The predicted molar refractivity (Wildman–Crippen MR) is 88.5 cm³/mol. The number of hydrogen-bond donors (Lipinski definition) is 3. The molecular formula is C14H20N6O3S. The Balaban J connectivity index is 1.59. The van der Waals surface area contributed by atoms with Gasteiger partial charge in [-0.25, -0.2) is 4.98 Å². The monoisotopic (exact) mass is 352 g/mol. The zero-order valence-electron chi connectivity index (χ0n) is 13.6. The summed E-state index contributed by atoms with van der Waals surface area (Å²) in [5.41, 5.74) is 0.481. The van der Waals surface area contributed by atoms with Gasteiger partial charge in [0.05, 0.1) is 13.2 Å². The summed E-state index contributed by atoms with van der Waals surface area (Å²) < 4.78 is 9.84. The predicted octanol–water partition coefficient (Wildman–Crippen LogP) is 0.466. The van der Waals surface area contributed by atoms with Crippen LogP contribution in [0.1, 0.15) is 22.0 Å². The highest BCUT2D eigenvalue weighted by molar-refractivity contribution is 7.09. The lowest BCUT2D eigenvalue weighted by molar-refractivity contribution is 0.0914. The van der Waals surface area contributed by atoms with Gasteiger partial charge in [-0.1, -0.05) is 0 Å². The number of aryl methyl sites for hydroxylation is 2. The minimum absolute atomic E-state index is 0.0821. The fourth-order valence-corrected chi connectivity index (χ4v) is 3.21. The van der Waals surface area contributed by atoms with Crippen molar-refractivity contribution in [2.45, 2.75) is 13.8 Å². The molecule has 3 rings (SSSR count). The zero-order valence-corrected chi connectivity index (χ0v) is 14.4. The summed E-state index contributed by atoms with van der Waals surface area (Å²) >= 11 is 1.37. The number of carbonyl (C=O) groups excluding carboxylic acids is 1. The van der Waals surface area contributed by atoms with Crippen LogP contribution in [0.25, 0.3) is 0 Å². The molecule has 2 aromatic heterocycles. The minimum Gasteiger partial charge on any atom is -0.504 e. The van der Waals surface area contributed by atoms with Crippen LogP contribution in [-0.2, 0) is 4.74 Å². The number of aromatic hydroxyl groups is 1. The van der Waals surface area contributed by atoms with Crippen LogP contribution in [-0.4, -0.2) is 63.4 Å². The van der Waals surface area contributed by atoms with Crippen LogP contribution in [0.3, 0.4) is 0 Å². The van der Waals surface area contributed by atoms with Crippen molar-refractivity contribution in [2.75, 3.05) is 37.7 Å². The molecule has 24 heavy (non-hydrogen) atoms. The fraction of sp³-hybridized carbons (Fsp3) is 0.571. The van der Waals surface area contributed by atoms with Gasteiger partial charge in [0.25, 0.3) is 5.91 Å². The van der Waals surface area contributed by atoms with Gasteiger partial charge in [-0.05, 0) is 13.8 Å². The molecule has 0 aliphatic carbocycles. The number of aromatic nitrogens is 4. The van der Waals surface area contributed by atoms with Gasteiger partial charge in [0.2, 0.25) is 5.13 Å². The maximum absolute atomic E-state index is 12.1. The van der Waals surface area contributed by atoms with Gasteiger partial charge >= 0.3 is 0 Å². The summed E-state index contributed by atoms with van der Waals surface area (Å²) in [4.78, 5) is 18.7. The summed E-state index contributed by atoms with van der Waals surface area (Å²) in [6, 6.07) is 0. The van der Waals surface area contributed by atoms with Crippen molar-refractivity contribution < 1.29 is 14.6 Å². The van der Waals surface area contributed by atoms with Crippen molar-refractivity contribution in [1.82, 2.24) is 24.9 Å². The lowest BCUT2D eigenvalue weighted by Gasteiger charge is -2.22. The van der Waals surface area contributed by atoms with E-state index in [2.05, 4.69) is 29.8 Å². The highest BCUT2D eigenvalue weighted by Gasteiger charge is 2.23. The lowest BCUT2D eigenvalue weighted by Crippen LogP contribution is -2.37. The molecule has 3 N–H and O–H groups in total. The Hall–Kier alpha value is -2.20. The summed E-state index contributed by atoms with van der Waals surface area (Å²) in [6.45, 7) is 6.58. The molecule has 1 aliphatic heterocycles. The van der Waals surface area contributed by atoms with Gasteiger partial charge in [0.1, 0.15) is 11.5 Å². The first-order valence-corrected chi connectivity index (χ1v) is 8.47. The molecule has 0 radical (unpaired) electrons. The molecule has 0 spiro atoms. The van der Waals surface area contributed by atoms with Crippen LogP contribution in [0.15, 0.2) is 0 Å². The molecule has 9 nitrogen and oxygen atoms in total. The summed E-state index contributed by atoms with van der Waals surface area (Å²) in [7, 11) is 0. The number of carbonyl (C=O) groups is 1. The molecule has 3 heterocycles. The average Bonchev–Trinajstić information content (AvgIpc) is 3.04. The van der Waals surface area contributed by atoms with Gasteiger partial charge < -0.3 is 20.1 Å². The van der Waals surface area contributed by atoms with Gasteiger partial charge in [-0.3, -0.25) is 9.89 Å². The van der Waals surface area contributed by atoms with E-state index in [9.17, 15) is 9.90 Å². The number of H-pyrrole nitrogens is 1. The maximum Gasteiger partial charge on any atom is 0.273 e. The molecule has 1 fully saturated rings. The zero-order chi connectivity index (χ0) is 17.1. The van der Waals surface area contributed by atoms with Crippen molar-refractivity contribution in [1.29, 1.82) is 0 Å². The van der Waals surface area contributed by atoms with Crippen LogP contribution in [0, 0.1) is 19.8 Å². The van der Waals surface area contributed by atoms with Crippen LogP contribution in [0.5, 0.6) is 5.75 Å². The van der Waals surface area contributed by atoms with Crippen molar-refractivity contribution >= 4 is 22.6 Å². The van der Waals surface area contributed by atoms with E-state index in [0.717, 1.165) is 24.0 Å². The summed E-state index contributed by atoms with van der Waals surface area (Å²) in [5.74, 6) is 0.383. The first-order valence-electron chi connectivity index (χ1n) is 7.69. The number of nitrogens with zero attached hydrogens (tertiary/aromatic N) is 4. The van der Waals surface area contributed by atoms with E-state index in [1.807, 2.05) is 6.92 Å². The van der Waals surface area contributed by atoms with Gasteiger partial charge in [-0.15, -0.1) is 0 Å². The van der Waals surface area contributed by atoms with Crippen LogP contribution in [0.4, 0.5) is 5.13 Å². The quantitative estimate of drug-likeness (QED) is 0.732. The lowest BCUT2D eigenvalue weighted by atomic mass is 10.1. The highest BCUT2D eigenvalue weighted by Crippen LogP contribution is 2.20. The molecule has 130 valence electrons. The van der Waals surface area contributed by atoms with Gasteiger partial charge in [0, 0.05) is 37.1 Å². The molecule has 10 heteroatoms. The largest absolute Gasteiger partial charge is 0.504 e. The van der Waals surface area contributed by atoms with Gasteiger partial charge in [0.15, 0.2) is 11.4 Å². The second-order valence-corrected chi connectivity index (χ2v) is 6.48. The Labute approximate surface area is 143 Å². The van der Waals surface area contributed by atoms with Crippen molar-refractivity contribution in [3.63, 3.8) is 0 Å². The van der Waals surface area contributed by atoms with E-state index in [1.54, 1.807) is 6.92 Å². The molecule has 0 saturated carbocycles. The summed E-state index contributed by atoms with van der Waals surface area (Å²) in [5, 5.41) is 19.8. The Bertz CT molecular complexity index is 715. The number of nitrogens with one attached hydrogen (secondary N) is 2. The van der Waals surface area contributed by atoms with Gasteiger partial charge in [-0.2, -0.15) is 9.47 Å². The fourth-order valence-electron chi connectivity index (χ4n) is 2.50. The number of anilines is 1. The molecule has 1 saturated heterocycles. The molecule has 1 amide bonds. The third-order valence-corrected chi connectivity index (χ3v) is 4.69. The van der Waals surface area contributed by atoms with E-state index in [-0.39, 0.29) is 23.3 Å². The van der Waals surface area contributed by atoms with Crippen molar-refractivity contribution in [3.8, 4) is 5.75 Å². The third kappa shape index (κ3) is 3.65. The van der Waals surface area contributed by atoms with Crippen molar-refractivity contribution in [3.05, 3.63) is 17.2 Å². The minimum atomic E-state index is -0.379. The number of hydrogen-bond acceptors (Lipinski definition) is 8. The molecule has 0 bridgehead atoms.